The lowest BCUT2D eigenvalue weighted by atomic mass is 9.89. The molecule has 1 fully saturated rings. The van der Waals surface area contributed by atoms with Crippen LogP contribution in [-0.4, -0.2) is 32.8 Å². The number of imide groups is 1. The van der Waals surface area contributed by atoms with Gasteiger partial charge >= 0.3 is 5.97 Å². The van der Waals surface area contributed by atoms with E-state index in [1.165, 1.54) is 36.6 Å². The molecule has 10 heteroatoms. The van der Waals surface area contributed by atoms with E-state index in [1.807, 2.05) is 0 Å². The molecular formula is C23H26N2O7S. The van der Waals surface area contributed by atoms with Crippen molar-refractivity contribution in [1.82, 2.24) is 10.0 Å². The highest BCUT2D eigenvalue weighted by molar-refractivity contribution is 7.89. The van der Waals surface area contributed by atoms with Crippen molar-refractivity contribution >= 4 is 33.9 Å². The summed E-state index contributed by atoms with van der Waals surface area (Å²) in [6, 6.07) is 9.19. The Morgan fingerprint density at radius 1 is 1.06 bits per heavy atom. The number of esters is 1. The zero-order valence-electron chi connectivity index (χ0n) is 18.0. The summed E-state index contributed by atoms with van der Waals surface area (Å²) in [5.74, 6) is -1.41. The fraction of sp³-hybridized carbons (Fsp3) is 0.348. The minimum Gasteiger partial charge on any atom is -0.468 e. The molecule has 176 valence electrons. The summed E-state index contributed by atoms with van der Waals surface area (Å²) in [4.78, 5) is 35.8. The van der Waals surface area contributed by atoms with E-state index in [0.29, 0.717) is 11.3 Å². The number of hydrogen-bond donors (Lipinski definition) is 2. The third kappa shape index (κ3) is 7.69. The van der Waals surface area contributed by atoms with Gasteiger partial charge < -0.3 is 9.15 Å². The van der Waals surface area contributed by atoms with Crippen molar-refractivity contribution in [3.05, 3.63) is 60.1 Å². The molecule has 2 amide bonds. The van der Waals surface area contributed by atoms with Crippen molar-refractivity contribution in [2.45, 2.75) is 43.5 Å². The van der Waals surface area contributed by atoms with Gasteiger partial charge in [-0.1, -0.05) is 31.4 Å². The first-order valence-electron chi connectivity index (χ1n) is 10.6. The first kappa shape index (κ1) is 24.4. The minimum absolute atomic E-state index is 0.0304. The van der Waals surface area contributed by atoms with Crippen LogP contribution in [0, 0.1) is 5.92 Å². The summed E-state index contributed by atoms with van der Waals surface area (Å²) in [5, 5.41) is 2.27. The van der Waals surface area contributed by atoms with Crippen LogP contribution in [-0.2, 0) is 35.7 Å². The molecule has 1 saturated carbocycles. The maximum atomic E-state index is 12.3. The number of carbonyl (C=O) groups excluding carboxylic acids is 3. The highest BCUT2D eigenvalue weighted by Gasteiger charge is 2.22. The van der Waals surface area contributed by atoms with Crippen LogP contribution in [0.1, 0.15) is 43.4 Å². The predicted molar refractivity (Wildman–Crippen MR) is 119 cm³/mol. The normalized spacial score (nSPS) is 14.8. The fourth-order valence-corrected chi connectivity index (χ4v) is 4.40. The Balaban J connectivity index is 1.43. The first-order chi connectivity index (χ1) is 15.8. The standard InChI is InChI=1S/C23H26N2O7S/c26-21(25-23(28)18-5-2-1-3-6-18)16-32-22(27)13-10-17-8-11-20(12-9-17)33(29,30)24-15-19-7-4-14-31-19/h4,7-14,18,24H,1-3,5-6,15-16H2,(H,25,26,28)/b13-10+. The third-order valence-corrected chi connectivity index (χ3v) is 6.62. The second kappa shape index (κ2) is 11.6. The van der Waals surface area contributed by atoms with Crippen LogP contribution >= 0.6 is 0 Å². The van der Waals surface area contributed by atoms with Crippen LogP contribution in [0.15, 0.2) is 58.1 Å². The van der Waals surface area contributed by atoms with Crippen LogP contribution < -0.4 is 10.0 Å². The number of hydrogen-bond acceptors (Lipinski definition) is 7. The largest absolute Gasteiger partial charge is 0.468 e. The first-order valence-corrected chi connectivity index (χ1v) is 12.1. The Hall–Kier alpha value is -3.24. The zero-order valence-corrected chi connectivity index (χ0v) is 18.8. The van der Waals surface area contributed by atoms with Crippen molar-refractivity contribution in [3.63, 3.8) is 0 Å². The maximum Gasteiger partial charge on any atom is 0.331 e. The number of furan rings is 1. The van der Waals surface area contributed by atoms with E-state index in [4.69, 9.17) is 9.15 Å². The van der Waals surface area contributed by atoms with E-state index >= 15 is 0 Å². The highest BCUT2D eigenvalue weighted by atomic mass is 32.2. The summed E-state index contributed by atoms with van der Waals surface area (Å²) >= 11 is 0. The van der Waals surface area contributed by atoms with Crippen molar-refractivity contribution in [2.75, 3.05) is 6.61 Å². The predicted octanol–water partition coefficient (Wildman–Crippen LogP) is 2.54. The summed E-state index contributed by atoms with van der Waals surface area (Å²) in [6.07, 6.45) is 8.58. The summed E-state index contributed by atoms with van der Waals surface area (Å²) in [5.41, 5.74) is 0.564. The molecule has 1 aliphatic carbocycles. The van der Waals surface area contributed by atoms with Crippen molar-refractivity contribution in [3.8, 4) is 0 Å². The number of carbonyl (C=O) groups is 3. The topological polar surface area (TPSA) is 132 Å². The molecule has 2 N–H and O–H groups in total. The van der Waals surface area contributed by atoms with Gasteiger partial charge in [0.1, 0.15) is 5.76 Å². The van der Waals surface area contributed by atoms with Crippen molar-refractivity contribution < 1.29 is 32.0 Å². The van der Waals surface area contributed by atoms with Gasteiger partial charge in [-0.05, 0) is 48.7 Å². The van der Waals surface area contributed by atoms with E-state index < -0.39 is 28.5 Å². The van der Waals surface area contributed by atoms with E-state index in [9.17, 15) is 22.8 Å². The second-order valence-electron chi connectivity index (χ2n) is 7.66. The van der Waals surface area contributed by atoms with Crippen LogP contribution in [0.4, 0.5) is 0 Å². The van der Waals surface area contributed by atoms with Crippen LogP contribution in [0.3, 0.4) is 0 Å². The average Bonchev–Trinajstić information content (AvgIpc) is 3.35. The van der Waals surface area contributed by atoms with Gasteiger partial charge in [0.15, 0.2) is 6.61 Å². The Morgan fingerprint density at radius 2 is 1.79 bits per heavy atom. The molecule has 0 saturated heterocycles. The van der Waals surface area contributed by atoms with Crippen molar-refractivity contribution in [2.24, 2.45) is 5.92 Å². The Kier molecular flexibility index (Phi) is 8.56. The van der Waals surface area contributed by atoms with Crippen LogP contribution in [0.25, 0.3) is 6.08 Å². The van der Waals surface area contributed by atoms with E-state index in [1.54, 1.807) is 12.1 Å². The lowest BCUT2D eigenvalue weighted by molar-refractivity contribution is -0.146. The van der Waals surface area contributed by atoms with E-state index in [-0.39, 0.29) is 23.3 Å². The van der Waals surface area contributed by atoms with Gasteiger partial charge in [0, 0.05) is 12.0 Å². The van der Waals surface area contributed by atoms with Gasteiger partial charge in [0.25, 0.3) is 5.91 Å². The number of amides is 2. The molecule has 0 bridgehead atoms. The molecule has 0 spiro atoms. The van der Waals surface area contributed by atoms with Gasteiger partial charge in [-0.2, -0.15) is 0 Å². The quantitative estimate of drug-likeness (QED) is 0.422. The molecule has 1 aromatic carbocycles. The Morgan fingerprint density at radius 3 is 2.45 bits per heavy atom. The van der Waals surface area contributed by atoms with Gasteiger partial charge in [-0.25, -0.2) is 17.9 Å². The minimum atomic E-state index is -3.72. The molecule has 1 aromatic heterocycles. The number of rotatable bonds is 9. The molecular weight excluding hydrogens is 448 g/mol. The lowest BCUT2D eigenvalue weighted by Crippen LogP contribution is -2.38. The molecule has 33 heavy (non-hydrogen) atoms. The Bertz CT molecular complexity index is 1080. The average molecular weight is 475 g/mol. The fourth-order valence-electron chi connectivity index (χ4n) is 3.41. The molecule has 0 atom stereocenters. The zero-order chi connectivity index (χ0) is 23.7. The molecule has 0 radical (unpaired) electrons. The van der Waals surface area contributed by atoms with Crippen LogP contribution in [0.5, 0.6) is 0 Å². The van der Waals surface area contributed by atoms with Gasteiger partial charge in [0.05, 0.1) is 17.7 Å². The second-order valence-corrected chi connectivity index (χ2v) is 9.43. The summed E-state index contributed by atoms with van der Waals surface area (Å²) in [6.45, 7) is -0.525. The molecule has 1 heterocycles. The van der Waals surface area contributed by atoms with E-state index in [2.05, 4.69) is 10.0 Å². The summed E-state index contributed by atoms with van der Waals surface area (Å²) in [7, 11) is -3.72. The summed E-state index contributed by atoms with van der Waals surface area (Å²) < 4.78 is 37.0. The van der Waals surface area contributed by atoms with Gasteiger partial charge in [0.2, 0.25) is 15.9 Å². The molecule has 1 aliphatic rings. The SMILES string of the molecule is O=C(COC(=O)/C=C/c1ccc(S(=O)(=O)NCc2ccco2)cc1)NC(=O)C1CCCCC1. The smallest absolute Gasteiger partial charge is 0.331 e. The number of ether oxygens (including phenoxy) is 1. The van der Waals surface area contributed by atoms with Crippen LogP contribution in [0.2, 0.25) is 0 Å². The Labute approximate surface area is 192 Å². The van der Waals surface area contributed by atoms with Gasteiger partial charge in [-0.3, -0.25) is 14.9 Å². The highest BCUT2D eigenvalue weighted by Crippen LogP contribution is 2.23. The van der Waals surface area contributed by atoms with Gasteiger partial charge in [-0.15, -0.1) is 0 Å². The molecule has 3 rings (SSSR count). The molecule has 2 aromatic rings. The van der Waals surface area contributed by atoms with E-state index in [0.717, 1.165) is 38.2 Å². The third-order valence-electron chi connectivity index (χ3n) is 5.20. The number of nitrogens with one attached hydrogen (secondary N) is 2. The maximum absolute atomic E-state index is 12.3. The number of benzene rings is 1. The monoisotopic (exact) mass is 474 g/mol. The number of sulfonamides is 1. The molecule has 9 nitrogen and oxygen atoms in total. The lowest BCUT2D eigenvalue weighted by Gasteiger charge is -2.20. The van der Waals surface area contributed by atoms with Crippen molar-refractivity contribution in [1.29, 1.82) is 0 Å². The molecule has 0 aliphatic heterocycles. The molecule has 0 unspecified atom stereocenters.